The average Bonchev–Trinajstić information content (AvgIpc) is 1.97. The molecule has 3 N–H and O–H groups in total. The van der Waals surface area contributed by atoms with Gasteiger partial charge in [-0.3, -0.25) is 14.1 Å². The standard InChI is InChI=1S/C8H13NO6S/c1-3-6(10)9-8(2,4-7(11)12)5-16(13,14)15/h3H,1,4-5H2,2H3,(H,9,10)(H,11,12)(H,13,14,15). The maximum atomic E-state index is 11.0. The highest BCUT2D eigenvalue weighted by Crippen LogP contribution is 2.12. The fraction of sp³-hybridized carbons (Fsp3) is 0.500. The monoisotopic (exact) mass is 251 g/mol. The molecule has 0 radical (unpaired) electrons. The smallest absolute Gasteiger partial charge is 0.305 e. The minimum Gasteiger partial charge on any atom is -0.481 e. The van der Waals surface area contributed by atoms with E-state index >= 15 is 0 Å². The topological polar surface area (TPSA) is 121 Å². The van der Waals surface area contributed by atoms with Crippen LogP contribution >= 0.6 is 0 Å². The lowest BCUT2D eigenvalue weighted by Crippen LogP contribution is -2.51. The zero-order valence-electron chi connectivity index (χ0n) is 8.63. The molecule has 0 bridgehead atoms. The predicted molar refractivity (Wildman–Crippen MR) is 55.4 cm³/mol. The van der Waals surface area contributed by atoms with Crippen LogP contribution in [0.2, 0.25) is 0 Å². The van der Waals surface area contributed by atoms with Crippen LogP contribution in [-0.2, 0) is 19.7 Å². The zero-order valence-corrected chi connectivity index (χ0v) is 9.45. The molecule has 0 aliphatic heterocycles. The number of carbonyl (C=O) groups excluding carboxylic acids is 1. The van der Waals surface area contributed by atoms with Crippen molar-refractivity contribution in [2.75, 3.05) is 5.75 Å². The van der Waals surface area contributed by atoms with Crippen molar-refractivity contribution in [3.8, 4) is 0 Å². The Morgan fingerprint density at radius 3 is 2.31 bits per heavy atom. The Morgan fingerprint density at radius 1 is 1.50 bits per heavy atom. The van der Waals surface area contributed by atoms with Gasteiger partial charge in [-0.1, -0.05) is 6.58 Å². The summed E-state index contributed by atoms with van der Waals surface area (Å²) in [4.78, 5) is 21.5. The van der Waals surface area contributed by atoms with Gasteiger partial charge in [0.1, 0.15) is 0 Å². The van der Waals surface area contributed by atoms with Crippen LogP contribution in [0, 0.1) is 0 Å². The number of carbonyl (C=O) groups is 2. The molecule has 7 nitrogen and oxygen atoms in total. The summed E-state index contributed by atoms with van der Waals surface area (Å²) in [6.07, 6.45) is 0.246. The highest BCUT2D eigenvalue weighted by atomic mass is 32.2. The Bertz CT molecular complexity index is 401. The van der Waals surface area contributed by atoms with Gasteiger partial charge < -0.3 is 10.4 Å². The third-order valence-electron chi connectivity index (χ3n) is 1.65. The highest BCUT2D eigenvalue weighted by molar-refractivity contribution is 7.85. The number of amides is 1. The molecule has 1 atom stereocenters. The number of rotatable bonds is 6. The van der Waals surface area contributed by atoms with Crippen LogP contribution in [0.15, 0.2) is 12.7 Å². The SMILES string of the molecule is C=CC(=O)NC(C)(CC(=O)O)CS(=O)(=O)O. The number of carboxylic acid groups (broad SMARTS) is 1. The van der Waals surface area contributed by atoms with E-state index in [0.717, 1.165) is 6.08 Å². The predicted octanol–water partition coefficient (Wildman–Crippen LogP) is -0.590. The molecule has 0 aromatic rings. The third-order valence-corrected chi connectivity index (χ3v) is 2.65. The van der Waals surface area contributed by atoms with E-state index in [1.165, 1.54) is 6.92 Å². The first-order valence-electron chi connectivity index (χ1n) is 4.19. The Balaban J connectivity index is 4.94. The van der Waals surface area contributed by atoms with Gasteiger partial charge in [0.25, 0.3) is 10.1 Å². The summed E-state index contributed by atoms with van der Waals surface area (Å²) < 4.78 is 30.0. The Hall–Kier alpha value is -1.41. The second-order valence-electron chi connectivity index (χ2n) is 3.55. The summed E-state index contributed by atoms with van der Waals surface area (Å²) in [7, 11) is -4.39. The first-order chi connectivity index (χ1) is 7.08. The minimum atomic E-state index is -4.39. The van der Waals surface area contributed by atoms with Gasteiger partial charge >= 0.3 is 5.97 Å². The number of aliphatic carboxylic acids is 1. The lowest BCUT2D eigenvalue weighted by atomic mass is 10.0. The van der Waals surface area contributed by atoms with Crippen molar-refractivity contribution in [3.05, 3.63) is 12.7 Å². The summed E-state index contributed by atoms with van der Waals surface area (Å²) in [6.45, 7) is 4.35. The fourth-order valence-corrected chi connectivity index (χ4v) is 2.20. The molecule has 0 saturated carbocycles. The van der Waals surface area contributed by atoms with Crippen molar-refractivity contribution in [3.63, 3.8) is 0 Å². The maximum Gasteiger partial charge on any atom is 0.305 e. The molecule has 0 heterocycles. The van der Waals surface area contributed by atoms with Crippen LogP contribution in [0.1, 0.15) is 13.3 Å². The number of hydrogen-bond donors (Lipinski definition) is 3. The lowest BCUT2D eigenvalue weighted by Gasteiger charge is -2.27. The van der Waals surface area contributed by atoms with Gasteiger partial charge in [0.2, 0.25) is 5.91 Å². The summed E-state index contributed by atoms with van der Waals surface area (Å²) >= 11 is 0. The van der Waals surface area contributed by atoms with Crippen LogP contribution < -0.4 is 5.32 Å². The second-order valence-corrected chi connectivity index (χ2v) is 5.00. The molecule has 0 saturated heterocycles. The molecule has 1 amide bonds. The van der Waals surface area contributed by atoms with Crippen molar-refractivity contribution in [2.24, 2.45) is 0 Å². The molecule has 0 aromatic heterocycles. The Labute approximate surface area is 92.9 Å². The summed E-state index contributed by atoms with van der Waals surface area (Å²) in [5.74, 6) is -2.89. The van der Waals surface area contributed by atoms with Crippen molar-refractivity contribution in [1.29, 1.82) is 0 Å². The molecule has 0 aliphatic carbocycles. The van der Waals surface area contributed by atoms with Gasteiger partial charge in [-0.05, 0) is 13.0 Å². The van der Waals surface area contributed by atoms with Crippen molar-refractivity contribution in [2.45, 2.75) is 18.9 Å². The first-order valence-corrected chi connectivity index (χ1v) is 5.80. The van der Waals surface area contributed by atoms with Crippen molar-refractivity contribution >= 4 is 22.0 Å². The molecule has 8 heteroatoms. The molecule has 0 spiro atoms. The molecule has 0 aromatic carbocycles. The van der Waals surface area contributed by atoms with E-state index in [-0.39, 0.29) is 0 Å². The van der Waals surface area contributed by atoms with Crippen molar-refractivity contribution in [1.82, 2.24) is 5.32 Å². The fourth-order valence-electron chi connectivity index (χ4n) is 1.22. The quantitative estimate of drug-likeness (QED) is 0.428. The summed E-state index contributed by atoms with van der Waals surface area (Å²) in [6, 6.07) is 0. The third kappa shape index (κ3) is 6.14. The first kappa shape index (κ1) is 14.6. The molecular formula is C8H13NO6S. The molecule has 1 unspecified atom stereocenters. The lowest BCUT2D eigenvalue weighted by molar-refractivity contribution is -0.138. The van der Waals surface area contributed by atoms with E-state index in [2.05, 4.69) is 11.9 Å². The summed E-state index contributed by atoms with van der Waals surface area (Å²) in [5, 5.41) is 10.7. The van der Waals surface area contributed by atoms with E-state index in [1.54, 1.807) is 0 Å². The highest BCUT2D eigenvalue weighted by Gasteiger charge is 2.33. The maximum absolute atomic E-state index is 11.0. The van der Waals surface area contributed by atoms with Gasteiger partial charge in [0.05, 0.1) is 17.7 Å². The van der Waals surface area contributed by atoms with E-state index in [9.17, 15) is 18.0 Å². The molecule has 0 fully saturated rings. The normalized spacial score (nSPS) is 14.9. The largest absolute Gasteiger partial charge is 0.481 e. The zero-order chi connectivity index (χ0) is 13.0. The Kier molecular flexibility index (Phi) is 4.63. The molecule has 0 rings (SSSR count). The number of carboxylic acids is 1. The molecular weight excluding hydrogens is 238 g/mol. The van der Waals surface area contributed by atoms with Gasteiger partial charge in [0.15, 0.2) is 0 Å². The van der Waals surface area contributed by atoms with E-state index < -0.39 is 39.7 Å². The van der Waals surface area contributed by atoms with Gasteiger partial charge in [-0.2, -0.15) is 8.42 Å². The molecule has 0 aliphatic rings. The van der Waals surface area contributed by atoms with Crippen LogP contribution in [-0.4, -0.2) is 41.2 Å². The van der Waals surface area contributed by atoms with E-state index in [1.807, 2.05) is 0 Å². The molecule has 16 heavy (non-hydrogen) atoms. The van der Waals surface area contributed by atoms with E-state index in [0.29, 0.717) is 0 Å². The second kappa shape index (κ2) is 5.08. The van der Waals surface area contributed by atoms with Crippen LogP contribution in [0.3, 0.4) is 0 Å². The van der Waals surface area contributed by atoms with Crippen LogP contribution in [0.4, 0.5) is 0 Å². The number of nitrogens with one attached hydrogen (secondary N) is 1. The van der Waals surface area contributed by atoms with Gasteiger partial charge in [-0.15, -0.1) is 0 Å². The van der Waals surface area contributed by atoms with Crippen LogP contribution in [0.25, 0.3) is 0 Å². The average molecular weight is 251 g/mol. The minimum absolute atomic E-state index is 0.633. The van der Waals surface area contributed by atoms with Gasteiger partial charge in [0, 0.05) is 0 Å². The van der Waals surface area contributed by atoms with E-state index in [4.69, 9.17) is 9.66 Å². The van der Waals surface area contributed by atoms with Crippen LogP contribution in [0.5, 0.6) is 0 Å². The van der Waals surface area contributed by atoms with Crippen molar-refractivity contribution < 1.29 is 27.7 Å². The summed E-state index contributed by atoms with van der Waals surface area (Å²) in [5.41, 5.74) is -1.58. The Morgan fingerprint density at radius 2 is 2.00 bits per heavy atom. The molecule has 92 valence electrons. The van der Waals surface area contributed by atoms with Gasteiger partial charge in [-0.25, -0.2) is 0 Å². The number of hydrogen-bond acceptors (Lipinski definition) is 4.